The van der Waals surface area contributed by atoms with Gasteiger partial charge >= 0.3 is 0 Å². The average molecular weight is 356 g/mol. The van der Waals surface area contributed by atoms with Crippen LogP contribution in [0.5, 0.6) is 0 Å². The third kappa shape index (κ3) is 3.26. The first-order valence-corrected chi connectivity index (χ1v) is 7.64. The van der Waals surface area contributed by atoms with Crippen molar-refractivity contribution in [3.05, 3.63) is 88.4 Å². The van der Waals surface area contributed by atoms with Gasteiger partial charge in [-0.05, 0) is 39.7 Å². The molecule has 1 unspecified atom stereocenters. The van der Waals surface area contributed by atoms with Crippen molar-refractivity contribution in [2.75, 3.05) is 0 Å². The summed E-state index contributed by atoms with van der Waals surface area (Å²) in [4.78, 5) is 19.7. The van der Waals surface area contributed by atoms with Gasteiger partial charge in [0.1, 0.15) is 5.69 Å². The van der Waals surface area contributed by atoms with Crippen molar-refractivity contribution in [3.63, 3.8) is 0 Å². The van der Waals surface area contributed by atoms with Crippen molar-refractivity contribution in [1.29, 1.82) is 0 Å². The zero-order chi connectivity index (χ0) is 15.4. The van der Waals surface area contributed by atoms with Crippen LogP contribution in [0.25, 0.3) is 0 Å². The number of aromatic amines is 1. The Balaban J connectivity index is 1.91. The van der Waals surface area contributed by atoms with E-state index < -0.39 is 0 Å². The number of pyridine rings is 1. The summed E-state index contributed by atoms with van der Waals surface area (Å²) in [7, 11) is 0. The van der Waals surface area contributed by atoms with Gasteiger partial charge in [-0.1, -0.05) is 36.4 Å². The van der Waals surface area contributed by atoms with Crippen molar-refractivity contribution < 1.29 is 4.79 Å². The van der Waals surface area contributed by atoms with E-state index in [1.54, 1.807) is 18.5 Å². The largest absolute Gasteiger partial charge is 0.356 e. The third-order valence-corrected chi connectivity index (χ3v) is 3.74. The smallest absolute Gasteiger partial charge is 0.268 e. The monoisotopic (exact) mass is 355 g/mol. The van der Waals surface area contributed by atoms with Crippen LogP contribution in [0.1, 0.15) is 27.8 Å². The highest BCUT2D eigenvalue weighted by Crippen LogP contribution is 2.21. The maximum Gasteiger partial charge on any atom is 0.268 e. The molecule has 0 radical (unpaired) electrons. The summed E-state index contributed by atoms with van der Waals surface area (Å²) in [6.45, 7) is 0. The second-order valence-electron chi connectivity index (χ2n) is 4.80. The topological polar surface area (TPSA) is 57.8 Å². The molecule has 1 aromatic carbocycles. The van der Waals surface area contributed by atoms with E-state index in [0.717, 1.165) is 15.7 Å². The minimum Gasteiger partial charge on any atom is -0.356 e. The molecule has 3 aromatic rings. The Hall–Kier alpha value is -2.40. The Kier molecular flexibility index (Phi) is 4.34. The SMILES string of the molecule is O=C(NC(c1ccccc1)c1ccccn1)c1cc(Br)c[nH]1. The minimum absolute atomic E-state index is 0.176. The van der Waals surface area contributed by atoms with Gasteiger partial charge in [0.25, 0.3) is 5.91 Å². The number of amides is 1. The van der Waals surface area contributed by atoms with Crippen molar-refractivity contribution in [3.8, 4) is 0 Å². The lowest BCUT2D eigenvalue weighted by Gasteiger charge is -2.18. The number of H-pyrrole nitrogens is 1. The quantitative estimate of drug-likeness (QED) is 0.749. The third-order valence-electron chi connectivity index (χ3n) is 3.28. The molecule has 0 aliphatic rings. The Morgan fingerprint density at radius 2 is 1.91 bits per heavy atom. The van der Waals surface area contributed by atoms with Gasteiger partial charge < -0.3 is 10.3 Å². The molecule has 4 nitrogen and oxygen atoms in total. The van der Waals surface area contributed by atoms with Crippen LogP contribution in [-0.2, 0) is 0 Å². The number of benzene rings is 1. The van der Waals surface area contributed by atoms with Gasteiger partial charge in [0.05, 0.1) is 11.7 Å². The molecule has 2 aromatic heterocycles. The normalized spacial score (nSPS) is 11.9. The molecule has 0 fully saturated rings. The van der Waals surface area contributed by atoms with Crippen LogP contribution < -0.4 is 5.32 Å². The van der Waals surface area contributed by atoms with Gasteiger partial charge in [-0.15, -0.1) is 0 Å². The van der Waals surface area contributed by atoms with Crippen LogP contribution in [-0.4, -0.2) is 15.9 Å². The summed E-state index contributed by atoms with van der Waals surface area (Å²) < 4.78 is 0.840. The lowest BCUT2D eigenvalue weighted by molar-refractivity contribution is 0.0938. The van der Waals surface area contributed by atoms with E-state index in [9.17, 15) is 4.79 Å². The number of rotatable bonds is 4. The van der Waals surface area contributed by atoms with E-state index in [1.165, 1.54) is 0 Å². The lowest BCUT2D eigenvalue weighted by atomic mass is 10.0. The molecule has 3 rings (SSSR count). The predicted octanol–water partition coefficient (Wildman–Crippen LogP) is 3.69. The van der Waals surface area contributed by atoms with Crippen molar-refractivity contribution in [2.24, 2.45) is 0 Å². The fourth-order valence-electron chi connectivity index (χ4n) is 2.23. The minimum atomic E-state index is -0.294. The van der Waals surface area contributed by atoms with Gasteiger partial charge in [0.15, 0.2) is 0 Å². The van der Waals surface area contributed by atoms with Crippen LogP contribution in [0, 0.1) is 0 Å². The van der Waals surface area contributed by atoms with Gasteiger partial charge in [0, 0.05) is 16.9 Å². The molecule has 22 heavy (non-hydrogen) atoms. The average Bonchev–Trinajstić information content (AvgIpc) is 3.01. The second-order valence-corrected chi connectivity index (χ2v) is 5.72. The molecule has 5 heteroatoms. The second kappa shape index (κ2) is 6.58. The van der Waals surface area contributed by atoms with E-state index in [2.05, 4.69) is 31.2 Å². The molecule has 0 aliphatic heterocycles. The van der Waals surface area contributed by atoms with E-state index >= 15 is 0 Å². The number of halogens is 1. The maximum atomic E-state index is 12.4. The molecule has 0 spiro atoms. The highest BCUT2D eigenvalue weighted by molar-refractivity contribution is 9.10. The molecule has 0 bridgehead atoms. The van der Waals surface area contributed by atoms with Crippen LogP contribution in [0.4, 0.5) is 0 Å². The van der Waals surface area contributed by atoms with E-state index in [1.807, 2.05) is 48.5 Å². The van der Waals surface area contributed by atoms with Gasteiger partial charge in [0.2, 0.25) is 0 Å². The summed E-state index contributed by atoms with van der Waals surface area (Å²) in [5, 5.41) is 3.03. The summed E-state index contributed by atoms with van der Waals surface area (Å²) in [6.07, 6.45) is 3.45. The van der Waals surface area contributed by atoms with E-state index in [0.29, 0.717) is 5.69 Å². The number of carbonyl (C=O) groups is 1. The molecular weight excluding hydrogens is 342 g/mol. The highest BCUT2D eigenvalue weighted by atomic mass is 79.9. The van der Waals surface area contributed by atoms with Gasteiger partial charge in [-0.25, -0.2) is 0 Å². The van der Waals surface area contributed by atoms with Gasteiger partial charge in [-0.2, -0.15) is 0 Å². The Morgan fingerprint density at radius 1 is 1.14 bits per heavy atom. The van der Waals surface area contributed by atoms with Crippen LogP contribution in [0.3, 0.4) is 0 Å². The number of nitrogens with one attached hydrogen (secondary N) is 2. The molecule has 0 saturated carbocycles. The molecule has 1 atom stereocenters. The number of aromatic nitrogens is 2. The van der Waals surface area contributed by atoms with Crippen molar-refractivity contribution in [1.82, 2.24) is 15.3 Å². The first kappa shape index (κ1) is 14.5. The molecule has 1 amide bonds. The molecule has 0 aliphatic carbocycles. The number of nitrogens with zero attached hydrogens (tertiary/aromatic N) is 1. The molecular formula is C17H14BrN3O. The zero-order valence-corrected chi connectivity index (χ0v) is 13.2. The molecule has 110 valence electrons. The maximum absolute atomic E-state index is 12.4. The summed E-state index contributed by atoms with van der Waals surface area (Å²) in [5.74, 6) is -0.176. The Labute approximate surface area is 136 Å². The number of hydrogen-bond donors (Lipinski definition) is 2. The lowest BCUT2D eigenvalue weighted by Crippen LogP contribution is -2.30. The highest BCUT2D eigenvalue weighted by Gasteiger charge is 2.19. The fraction of sp³-hybridized carbons (Fsp3) is 0.0588. The fourth-order valence-corrected chi connectivity index (χ4v) is 2.57. The van der Waals surface area contributed by atoms with Crippen molar-refractivity contribution >= 4 is 21.8 Å². The number of hydrogen-bond acceptors (Lipinski definition) is 2. The number of carbonyl (C=O) groups excluding carboxylic acids is 1. The standard InChI is InChI=1S/C17H14BrN3O/c18-13-10-15(20-11-13)17(22)21-16(12-6-2-1-3-7-12)14-8-4-5-9-19-14/h1-11,16,20H,(H,21,22). The molecule has 2 N–H and O–H groups in total. The van der Waals surface area contributed by atoms with Crippen LogP contribution in [0.15, 0.2) is 71.5 Å². The van der Waals surface area contributed by atoms with E-state index in [-0.39, 0.29) is 11.9 Å². The molecule has 2 heterocycles. The zero-order valence-electron chi connectivity index (χ0n) is 11.7. The Bertz CT molecular complexity index is 716. The first-order chi connectivity index (χ1) is 10.7. The van der Waals surface area contributed by atoms with Crippen molar-refractivity contribution in [2.45, 2.75) is 6.04 Å². The molecule has 0 saturated heterocycles. The van der Waals surface area contributed by atoms with Crippen LogP contribution in [0.2, 0.25) is 0 Å². The van der Waals surface area contributed by atoms with Crippen LogP contribution >= 0.6 is 15.9 Å². The Morgan fingerprint density at radius 3 is 2.55 bits per heavy atom. The first-order valence-electron chi connectivity index (χ1n) is 6.84. The summed E-state index contributed by atoms with van der Waals surface area (Å²) >= 11 is 3.33. The van der Waals surface area contributed by atoms with Gasteiger partial charge in [-0.3, -0.25) is 9.78 Å². The predicted molar refractivity (Wildman–Crippen MR) is 88.5 cm³/mol. The summed E-state index contributed by atoms with van der Waals surface area (Å²) in [5.41, 5.74) is 2.29. The summed E-state index contributed by atoms with van der Waals surface area (Å²) in [6, 6.07) is 16.9. The van der Waals surface area contributed by atoms with E-state index in [4.69, 9.17) is 0 Å².